The highest BCUT2D eigenvalue weighted by Gasteiger charge is 2.53. The number of thiocarbonyl (C=S) groups is 1. The Hall–Kier alpha value is -6.30. The second-order valence-electron chi connectivity index (χ2n) is 10.9. The Kier molecular flexibility index (Phi) is 9.70. The van der Waals surface area contributed by atoms with Crippen LogP contribution in [0.1, 0.15) is 37.4 Å². The molecule has 6 rings (SSSR count). The van der Waals surface area contributed by atoms with Crippen molar-refractivity contribution in [2.75, 3.05) is 38.2 Å². The number of phenols is 2. The van der Waals surface area contributed by atoms with Crippen molar-refractivity contribution in [3.05, 3.63) is 107 Å². The highest BCUT2D eigenvalue weighted by Crippen LogP contribution is 2.57. The van der Waals surface area contributed by atoms with Crippen molar-refractivity contribution in [3.8, 4) is 41.1 Å². The van der Waals surface area contributed by atoms with Crippen molar-refractivity contribution in [1.82, 2.24) is 10.6 Å². The molecule has 2 heterocycles. The van der Waals surface area contributed by atoms with Crippen LogP contribution < -0.4 is 25.4 Å². The molecule has 0 saturated heterocycles. The number of esters is 1. The van der Waals surface area contributed by atoms with Crippen LogP contribution in [0.15, 0.2) is 78.9 Å². The maximum Gasteiger partial charge on any atom is 0.513 e. The molecule has 0 aromatic heterocycles. The third-order valence-electron chi connectivity index (χ3n) is 7.68. The van der Waals surface area contributed by atoms with Crippen LogP contribution in [0.3, 0.4) is 0 Å². The number of nitrogens with one attached hydrogen (secondary N) is 3. The number of anilines is 1. The van der Waals surface area contributed by atoms with Gasteiger partial charge in [0.25, 0.3) is 5.91 Å². The Balaban J connectivity index is 0.974. The Morgan fingerprint density at radius 2 is 1.54 bits per heavy atom. The van der Waals surface area contributed by atoms with Crippen molar-refractivity contribution in [2.24, 2.45) is 0 Å². The molecule has 0 saturated carbocycles. The summed E-state index contributed by atoms with van der Waals surface area (Å²) in [6.07, 6.45) is 4.20. The van der Waals surface area contributed by atoms with Crippen molar-refractivity contribution in [1.29, 1.82) is 0 Å². The zero-order valence-corrected chi connectivity index (χ0v) is 27.0. The van der Waals surface area contributed by atoms with Gasteiger partial charge >= 0.3 is 12.1 Å². The van der Waals surface area contributed by atoms with Crippen LogP contribution in [0.4, 0.5) is 10.5 Å². The van der Waals surface area contributed by atoms with Crippen LogP contribution in [0.2, 0.25) is 0 Å². The van der Waals surface area contributed by atoms with Gasteiger partial charge in [0.15, 0.2) is 10.7 Å². The average Bonchev–Trinajstić information content (AvgIpc) is 3.38. The Morgan fingerprint density at radius 1 is 0.860 bits per heavy atom. The molecule has 5 N–H and O–H groups in total. The highest BCUT2D eigenvalue weighted by molar-refractivity contribution is 7.80. The van der Waals surface area contributed by atoms with E-state index >= 15 is 0 Å². The molecule has 50 heavy (non-hydrogen) atoms. The maximum absolute atomic E-state index is 13.3. The predicted octanol–water partition coefficient (Wildman–Crippen LogP) is 4.55. The van der Waals surface area contributed by atoms with E-state index in [9.17, 15) is 24.6 Å². The smallest absolute Gasteiger partial charge is 0.508 e. The molecular weight excluding hydrogens is 666 g/mol. The van der Waals surface area contributed by atoms with E-state index in [0.717, 1.165) is 0 Å². The summed E-state index contributed by atoms with van der Waals surface area (Å²) in [6, 6.07) is 20.2. The van der Waals surface area contributed by atoms with E-state index in [1.54, 1.807) is 30.3 Å². The van der Waals surface area contributed by atoms with Crippen LogP contribution in [0, 0.1) is 12.3 Å². The number of aromatic hydroxyl groups is 2. The fourth-order valence-electron chi connectivity index (χ4n) is 5.51. The van der Waals surface area contributed by atoms with Gasteiger partial charge in [-0.05, 0) is 72.9 Å². The summed E-state index contributed by atoms with van der Waals surface area (Å²) in [6.45, 7) is 0.740. The number of hydrogen-bond acceptors (Lipinski definition) is 11. The number of carbonyl (C=O) groups excluding carboxylic acids is 3. The zero-order chi connectivity index (χ0) is 35.3. The summed E-state index contributed by atoms with van der Waals surface area (Å²) in [5.41, 5.74) is 1.45. The molecule has 14 heteroatoms. The van der Waals surface area contributed by atoms with E-state index in [-0.39, 0.29) is 66.1 Å². The third-order valence-corrected chi connectivity index (χ3v) is 7.93. The molecule has 254 valence electrons. The second kappa shape index (κ2) is 14.4. The van der Waals surface area contributed by atoms with E-state index in [0.29, 0.717) is 40.0 Å². The lowest BCUT2D eigenvalue weighted by atomic mass is 9.77. The van der Waals surface area contributed by atoms with Gasteiger partial charge in [0.1, 0.15) is 35.4 Å². The molecule has 2 aliphatic rings. The molecule has 0 aliphatic carbocycles. The second-order valence-corrected chi connectivity index (χ2v) is 11.3. The van der Waals surface area contributed by atoms with Crippen molar-refractivity contribution in [3.63, 3.8) is 0 Å². The molecule has 4 aromatic rings. The summed E-state index contributed by atoms with van der Waals surface area (Å²) in [5, 5.41) is 29.1. The lowest BCUT2D eigenvalue weighted by Gasteiger charge is -2.36. The number of fused-ring (bicyclic) bond motifs is 6. The highest BCUT2D eigenvalue weighted by atomic mass is 32.1. The fourth-order valence-corrected chi connectivity index (χ4v) is 5.73. The molecule has 0 atom stereocenters. The van der Waals surface area contributed by atoms with Gasteiger partial charge in [0, 0.05) is 46.6 Å². The van der Waals surface area contributed by atoms with E-state index in [1.807, 2.05) is 0 Å². The van der Waals surface area contributed by atoms with Crippen molar-refractivity contribution >= 4 is 41.0 Å². The minimum atomic E-state index is -1.36. The summed E-state index contributed by atoms with van der Waals surface area (Å²) >= 11 is 5.40. The van der Waals surface area contributed by atoms with Gasteiger partial charge in [-0.3, -0.25) is 4.79 Å². The topological polar surface area (TPSA) is 174 Å². The van der Waals surface area contributed by atoms with Crippen LogP contribution in [0.5, 0.6) is 28.7 Å². The van der Waals surface area contributed by atoms with Crippen molar-refractivity contribution < 1.29 is 48.3 Å². The summed E-state index contributed by atoms with van der Waals surface area (Å²) in [7, 11) is 0. The minimum Gasteiger partial charge on any atom is -0.508 e. The zero-order valence-electron chi connectivity index (χ0n) is 26.2. The predicted molar refractivity (Wildman–Crippen MR) is 183 cm³/mol. The third kappa shape index (κ3) is 6.95. The standard InChI is InChI=1S/C36H29N3O10S/c1-2-13-37-32(42)21-3-8-25(9-4-21)47-35(44)46-17-16-45-15-14-38-34(50)39-22-5-10-27-26(18-22)33(43)49-36(27)28-11-6-23(40)19-30(28)48-31-20-24(41)7-12-29(31)36/h1,3-12,18-20,40-41H,13-17H2,(H,37,42)(H2,38,39,50). The van der Waals surface area contributed by atoms with Gasteiger partial charge in [0.05, 0.1) is 25.3 Å². The lowest BCUT2D eigenvalue weighted by Crippen LogP contribution is -2.33. The number of benzene rings is 4. The average molecular weight is 696 g/mol. The first-order valence-corrected chi connectivity index (χ1v) is 15.6. The van der Waals surface area contributed by atoms with E-state index in [1.165, 1.54) is 48.5 Å². The quantitative estimate of drug-likeness (QED) is 0.0515. The monoisotopic (exact) mass is 695 g/mol. The summed E-state index contributed by atoms with van der Waals surface area (Å²) < 4.78 is 27.6. The van der Waals surface area contributed by atoms with Gasteiger partial charge in [-0.25, -0.2) is 9.59 Å². The van der Waals surface area contributed by atoms with Gasteiger partial charge < -0.3 is 49.8 Å². The summed E-state index contributed by atoms with van der Waals surface area (Å²) in [5.74, 6) is 2.12. The fraction of sp³-hybridized carbons (Fsp3) is 0.167. The van der Waals surface area contributed by atoms with E-state index in [4.69, 9.17) is 42.3 Å². The number of terminal acetylenes is 1. The van der Waals surface area contributed by atoms with Crippen molar-refractivity contribution in [2.45, 2.75) is 5.60 Å². The lowest BCUT2D eigenvalue weighted by molar-refractivity contribution is 0.0224. The van der Waals surface area contributed by atoms with Gasteiger partial charge in [0.2, 0.25) is 0 Å². The molecule has 0 bridgehead atoms. The number of phenolic OH excluding ortho intramolecular Hbond substituents is 2. The number of hydrogen-bond donors (Lipinski definition) is 5. The molecule has 13 nitrogen and oxygen atoms in total. The molecule has 0 radical (unpaired) electrons. The minimum absolute atomic E-state index is 0.0308. The first kappa shape index (κ1) is 33.6. The molecule has 4 aromatic carbocycles. The van der Waals surface area contributed by atoms with Crippen LogP contribution >= 0.6 is 12.2 Å². The number of ether oxygens (including phenoxy) is 5. The Labute approximate surface area is 291 Å². The van der Waals surface area contributed by atoms with Crippen LogP contribution in [0.25, 0.3) is 0 Å². The first-order chi connectivity index (χ1) is 24.2. The number of amides is 1. The molecule has 1 spiro atoms. The Bertz CT molecular complexity index is 1970. The van der Waals surface area contributed by atoms with Gasteiger partial charge in [-0.15, -0.1) is 6.42 Å². The number of carbonyl (C=O) groups is 3. The Morgan fingerprint density at radius 3 is 2.22 bits per heavy atom. The maximum atomic E-state index is 13.3. The van der Waals surface area contributed by atoms with E-state index in [2.05, 4.69) is 21.9 Å². The van der Waals surface area contributed by atoms with Gasteiger partial charge in [-0.2, -0.15) is 0 Å². The molecule has 2 aliphatic heterocycles. The summed E-state index contributed by atoms with van der Waals surface area (Å²) in [4.78, 5) is 37.1. The van der Waals surface area contributed by atoms with Crippen LogP contribution in [-0.2, 0) is 19.8 Å². The first-order valence-electron chi connectivity index (χ1n) is 15.2. The van der Waals surface area contributed by atoms with Gasteiger partial charge in [-0.1, -0.05) is 12.0 Å². The van der Waals surface area contributed by atoms with E-state index < -0.39 is 17.7 Å². The molecule has 0 unspecified atom stereocenters. The SMILES string of the molecule is C#CCNC(=O)c1ccc(OC(=O)OCCOCCNC(=S)Nc2ccc3c(c2)C(=O)OC32c3ccc(O)cc3Oc3cc(O)ccc32)cc1. The largest absolute Gasteiger partial charge is 0.513 e. The molecular formula is C36H29N3O10S. The van der Waals surface area contributed by atoms with Crippen LogP contribution in [-0.4, -0.2) is 66.3 Å². The molecule has 0 fully saturated rings. The molecule has 1 amide bonds. The number of rotatable bonds is 10. The normalized spacial score (nSPS) is 13.0.